The molecule has 1 heterocycles. The van der Waals surface area contributed by atoms with Crippen LogP contribution >= 0.6 is 0 Å². The van der Waals surface area contributed by atoms with Gasteiger partial charge in [-0.25, -0.2) is 4.98 Å². The second-order valence-corrected chi connectivity index (χ2v) is 5.36. The van der Waals surface area contributed by atoms with E-state index in [2.05, 4.69) is 4.98 Å². The minimum absolute atomic E-state index is 0.189. The van der Waals surface area contributed by atoms with Crippen LogP contribution in [0.4, 0.5) is 0 Å². The average molecular weight is 286 g/mol. The fourth-order valence-electron chi connectivity index (χ4n) is 2.17. The largest absolute Gasteiger partial charge is 0.480 e. The van der Waals surface area contributed by atoms with Gasteiger partial charge >= 0.3 is 5.97 Å². The van der Waals surface area contributed by atoms with E-state index >= 15 is 0 Å². The summed E-state index contributed by atoms with van der Waals surface area (Å²) in [4.78, 5) is 29.0. The highest BCUT2D eigenvalue weighted by molar-refractivity contribution is 5.96. The molecule has 0 unspecified atom stereocenters. The van der Waals surface area contributed by atoms with E-state index in [0.29, 0.717) is 6.54 Å². The van der Waals surface area contributed by atoms with Crippen molar-refractivity contribution in [2.24, 2.45) is 5.92 Å². The molecular weight excluding hydrogens is 268 g/mol. The number of para-hydroxylation sites is 1. The van der Waals surface area contributed by atoms with Crippen LogP contribution in [0, 0.1) is 5.92 Å². The predicted octanol–water partition coefficient (Wildman–Crippen LogP) is 2.42. The zero-order valence-corrected chi connectivity index (χ0v) is 12.1. The number of aliphatic carboxylic acids is 1. The van der Waals surface area contributed by atoms with Crippen molar-refractivity contribution in [3.05, 3.63) is 42.1 Å². The molecule has 110 valence electrons. The van der Waals surface area contributed by atoms with Crippen molar-refractivity contribution in [3.8, 4) is 0 Å². The van der Waals surface area contributed by atoms with Gasteiger partial charge in [-0.15, -0.1) is 0 Å². The molecule has 0 spiro atoms. The van der Waals surface area contributed by atoms with Crippen molar-refractivity contribution in [3.63, 3.8) is 0 Å². The van der Waals surface area contributed by atoms with Gasteiger partial charge in [0.1, 0.15) is 12.2 Å². The van der Waals surface area contributed by atoms with Crippen molar-refractivity contribution in [1.29, 1.82) is 0 Å². The Balaban J connectivity index is 2.30. The first kappa shape index (κ1) is 15.0. The first-order chi connectivity index (χ1) is 9.97. The normalized spacial score (nSPS) is 10.8. The Morgan fingerprint density at radius 2 is 1.90 bits per heavy atom. The van der Waals surface area contributed by atoms with Crippen LogP contribution in [-0.4, -0.2) is 40.0 Å². The molecule has 2 rings (SSSR count). The number of rotatable bonds is 5. The van der Waals surface area contributed by atoms with Gasteiger partial charge in [0.25, 0.3) is 5.91 Å². The monoisotopic (exact) mass is 286 g/mol. The molecule has 21 heavy (non-hydrogen) atoms. The summed E-state index contributed by atoms with van der Waals surface area (Å²) in [7, 11) is 0. The molecule has 2 aromatic rings. The van der Waals surface area contributed by atoms with Crippen molar-refractivity contribution in [2.75, 3.05) is 13.1 Å². The topological polar surface area (TPSA) is 70.5 Å². The highest BCUT2D eigenvalue weighted by Gasteiger charge is 2.20. The molecule has 5 nitrogen and oxygen atoms in total. The first-order valence-corrected chi connectivity index (χ1v) is 6.84. The molecule has 0 atom stereocenters. The number of carbonyl (C=O) groups is 2. The fraction of sp³-hybridized carbons (Fsp3) is 0.312. The van der Waals surface area contributed by atoms with Gasteiger partial charge in [-0.1, -0.05) is 38.1 Å². The van der Waals surface area contributed by atoms with Gasteiger partial charge < -0.3 is 10.0 Å². The van der Waals surface area contributed by atoms with E-state index < -0.39 is 5.97 Å². The number of hydrogen-bond acceptors (Lipinski definition) is 3. The SMILES string of the molecule is CC(C)CN(CC(=O)O)C(=O)c1ccc2ccccc2n1. The molecule has 0 aliphatic carbocycles. The minimum Gasteiger partial charge on any atom is -0.480 e. The van der Waals surface area contributed by atoms with E-state index in [-0.39, 0.29) is 24.1 Å². The number of benzene rings is 1. The van der Waals surface area contributed by atoms with Crippen LogP contribution in [0.2, 0.25) is 0 Å². The molecule has 0 fully saturated rings. The minimum atomic E-state index is -1.02. The van der Waals surface area contributed by atoms with Gasteiger partial charge in [0, 0.05) is 11.9 Å². The Labute approximate surface area is 123 Å². The Kier molecular flexibility index (Phi) is 4.52. The van der Waals surface area contributed by atoms with Crippen LogP contribution in [0.3, 0.4) is 0 Å². The van der Waals surface area contributed by atoms with Crippen LogP contribution in [0.25, 0.3) is 10.9 Å². The van der Waals surface area contributed by atoms with Gasteiger partial charge in [0.15, 0.2) is 0 Å². The Bertz CT molecular complexity index is 667. The number of carboxylic acids is 1. The summed E-state index contributed by atoms with van der Waals surface area (Å²) in [6.07, 6.45) is 0. The van der Waals surface area contributed by atoms with Crippen molar-refractivity contribution >= 4 is 22.8 Å². The molecule has 0 saturated carbocycles. The van der Waals surface area contributed by atoms with Crippen LogP contribution in [0.15, 0.2) is 36.4 Å². The molecule has 1 N–H and O–H groups in total. The molecule has 0 radical (unpaired) electrons. The van der Waals surface area contributed by atoms with E-state index in [9.17, 15) is 9.59 Å². The Morgan fingerprint density at radius 1 is 1.19 bits per heavy atom. The molecule has 0 aliphatic rings. The predicted molar refractivity (Wildman–Crippen MR) is 80.1 cm³/mol. The number of pyridine rings is 1. The number of hydrogen-bond donors (Lipinski definition) is 1. The number of carbonyl (C=O) groups excluding carboxylic acids is 1. The van der Waals surface area contributed by atoms with Gasteiger partial charge in [0.2, 0.25) is 0 Å². The highest BCUT2D eigenvalue weighted by Crippen LogP contribution is 2.13. The lowest BCUT2D eigenvalue weighted by atomic mass is 10.1. The third-order valence-electron chi connectivity index (χ3n) is 3.02. The standard InChI is InChI=1S/C16H18N2O3/c1-11(2)9-18(10-15(19)20)16(21)14-8-7-12-5-3-4-6-13(12)17-14/h3-8,11H,9-10H2,1-2H3,(H,19,20). The number of amides is 1. The van der Waals surface area contributed by atoms with Crippen molar-refractivity contribution in [1.82, 2.24) is 9.88 Å². The maximum atomic E-state index is 12.5. The molecule has 1 aromatic heterocycles. The summed E-state index contributed by atoms with van der Waals surface area (Å²) in [5.41, 5.74) is 0.999. The first-order valence-electron chi connectivity index (χ1n) is 6.84. The van der Waals surface area contributed by atoms with E-state index in [1.165, 1.54) is 4.90 Å². The number of fused-ring (bicyclic) bond motifs is 1. The maximum Gasteiger partial charge on any atom is 0.323 e. The Morgan fingerprint density at radius 3 is 2.57 bits per heavy atom. The molecule has 5 heteroatoms. The summed E-state index contributed by atoms with van der Waals surface area (Å²) in [5, 5.41) is 9.90. The molecule has 1 aromatic carbocycles. The molecule has 1 amide bonds. The van der Waals surface area contributed by atoms with E-state index in [1.807, 2.05) is 44.2 Å². The molecule has 0 bridgehead atoms. The molecular formula is C16H18N2O3. The van der Waals surface area contributed by atoms with Crippen molar-refractivity contribution < 1.29 is 14.7 Å². The summed E-state index contributed by atoms with van der Waals surface area (Å²) in [5.74, 6) is -1.18. The lowest BCUT2D eigenvalue weighted by Crippen LogP contribution is -2.38. The number of aromatic nitrogens is 1. The number of nitrogens with zero attached hydrogens (tertiary/aromatic N) is 2. The zero-order chi connectivity index (χ0) is 15.4. The van der Waals surface area contributed by atoms with Gasteiger partial charge in [-0.2, -0.15) is 0 Å². The van der Waals surface area contributed by atoms with Gasteiger partial charge in [0.05, 0.1) is 5.52 Å². The van der Waals surface area contributed by atoms with E-state index in [4.69, 9.17) is 5.11 Å². The average Bonchev–Trinajstić information content (AvgIpc) is 2.44. The van der Waals surface area contributed by atoms with Crippen LogP contribution in [-0.2, 0) is 4.79 Å². The highest BCUT2D eigenvalue weighted by atomic mass is 16.4. The fourth-order valence-corrected chi connectivity index (χ4v) is 2.17. The zero-order valence-electron chi connectivity index (χ0n) is 12.1. The summed E-state index contributed by atoms with van der Waals surface area (Å²) < 4.78 is 0. The number of carboxylic acid groups (broad SMARTS) is 1. The molecule has 0 saturated heterocycles. The van der Waals surface area contributed by atoms with Crippen LogP contribution in [0.5, 0.6) is 0 Å². The van der Waals surface area contributed by atoms with E-state index in [0.717, 1.165) is 10.9 Å². The van der Waals surface area contributed by atoms with Crippen LogP contribution < -0.4 is 0 Å². The Hall–Kier alpha value is -2.43. The lowest BCUT2D eigenvalue weighted by molar-refractivity contribution is -0.137. The van der Waals surface area contributed by atoms with E-state index in [1.54, 1.807) is 6.07 Å². The smallest absolute Gasteiger partial charge is 0.323 e. The second-order valence-electron chi connectivity index (χ2n) is 5.36. The van der Waals surface area contributed by atoms with Crippen LogP contribution in [0.1, 0.15) is 24.3 Å². The lowest BCUT2D eigenvalue weighted by Gasteiger charge is -2.22. The third-order valence-corrected chi connectivity index (χ3v) is 3.02. The van der Waals surface area contributed by atoms with Gasteiger partial charge in [-0.05, 0) is 18.1 Å². The van der Waals surface area contributed by atoms with Gasteiger partial charge in [-0.3, -0.25) is 9.59 Å². The maximum absolute atomic E-state index is 12.5. The second kappa shape index (κ2) is 6.35. The summed E-state index contributed by atoms with van der Waals surface area (Å²) in [6.45, 7) is 3.96. The quantitative estimate of drug-likeness (QED) is 0.916. The third kappa shape index (κ3) is 3.78. The molecule has 0 aliphatic heterocycles. The van der Waals surface area contributed by atoms with Crippen molar-refractivity contribution in [2.45, 2.75) is 13.8 Å². The summed E-state index contributed by atoms with van der Waals surface area (Å²) >= 11 is 0. The summed E-state index contributed by atoms with van der Waals surface area (Å²) in [6, 6.07) is 11.0.